The molecule has 22 heavy (non-hydrogen) atoms. The molecule has 2 aromatic rings. The average Bonchev–Trinajstić information content (AvgIpc) is 2.55. The number of rotatable bonds is 8. The first-order valence-corrected chi connectivity index (χ1v) is 7.98. The number of nitrogens with one attached hydrogen (secondary N) is 1. The van der Waals surface area contributed by atoms with E-state index in [-0.39, 0.29) is 5.96 Å². The number of guanidine groups is 1. The third kappa shape index (κ3) is 5.24. The molecule has 3 nitrogen and oxygen atoms in total. The summed E-state index contributed by atoms with van der Waals surface area (Å²) < 4.78 is 0. The number of hydrogen-bond acceptors (Lipinski definition) is 1. The lowest BCUT2D eigenvalue weighted by atomic mass is 10.1. The molecule has 0 radical (unpaired) electrons. The molecule has 0 aliphatic carbocycles. The van der Waals surface area contributed by atoms with Gasteiger partial charge in [-0.1, -0.05) is 61.4 Å². The second kappa shape index (κ2) is 8.88. The molecule has 3 heteroatoms. The number of para-hydroxylation sites is 1. The van der Waals surface area contributed by atoms with Gasteiger partial charge in [0.15, 0.2) is 5.96 Å². The minimum absolute atomic E-state index is 0.121. The molecule has 2 aromatic carbocycles. The lowest BCUT2D eigenvalue weighted by molar-refractivity contribution is 0.644. The molecule has 2 rings (SSSR count). The van der Waals surface area contributed by atoms with E-state index < -0.39 is 0 Å². The number of hydrogen-bond donors (Lipinski definition) is 2. The molecular weight excluding hydrogens is 270 g/mol. The molecule has 0 fully saturated rings. The van der Waals surface area contributed by atoms with Crippen LogP contribution in [0.2, 0.25) is 0 Å². The Labute approximate surface area is 133 Å². The van der Waals surface area contributed by atoms with Crippen molar-refractivity contribution in [2.24, 2.45) is 5.73 Å². The van der Waals surface area contributed by atoms with Gasteiger partial charge >= 0.3 is 0 Å². The van der Waals surface area contributed by atoms with E-state index in [2.05, 4.69) is 30.3 Å². The molecule has 0 saturated carbocycles. The number of aryl methyl sites for hydroxylation is 1. The van der Waals surface area contributed by atoms with E-state index in [1.165, 1.54) is 24.8 Å². The van der Waals surface area contributed by atoms with Crippen molar-refractivity contribution in [1.82, 2.24) is 0 Å². The molecular formula is C19H25N3. The van der Waals surface area contributed by atoms with Crippen LogP contribution in [0.4, 0.5) is 5.69 Å². The summed E-state index contributed by atoms with van der Waals surface area (Å²) in [4.78, 5) is 1.87. The van der Waals surface area contributed by atoms with Gasteiger partial charge in [0, 0.05) is 12.2 Å². The molecule has 0 atom stereocenters. The van der Waals surface area contributed by atoms with Crippen molar-refractivity contribution >= 4 is 11.6 Å². The van der Waals surface area contributed by atoms with Crippen molar-refractivity contribution in [1.29, 1.82) is 5.41 Å². The highest BCUT2D eigenvalue weighted by Gasteiger charge is 2.08. The second-order valence-electron chi connectivity index (χ2n) is 5.52. The number of benzene rings is 2. The maximum absolute atomic E-state index is 7.72. The molecule has 0 aliphatic heterocycles. The SMILES string of the molecule is N=C(N)N(CCCCCCc1ccccc1)c1ccccc1. The molecule has 0 unspecified atom stereocenters. The average molecular weight is 295 g/mol. The third-order valence-electron chi connectivity index (χ3n) is 3.80. The van der Waals surface area contributed by atoms with Gasteiger partial charge in [-0.05, 0) is 37.0 Å². The Balaban J connectivity index is 1.67. The van der Waals surface area contributed by atoms with Crippen molar-refractivity contribution in [3.05, 3.63) is 66.2 Å². The van der Waals surface area contributed by atoms with Gasteiger partial charge < -0.3 is 10.6 Å². The molecule has 0 amide bonds. The van der Waals surface area contributed by atoms with E-state index in [1.54, 1.807) is 0 Å². The lowest BCUT2D eigenvalue weighted by Crippen LogP contribution is -2.37. The summed E-state index contributed by atoms with van der Waals surface area (Å²) in [6.45, 7) is 0.810. The summed E-state index contributed by atoms with van der Waals surface area (Å²) in [5.74, 6) is 0.121. The van der Waals surface area contributed by atoms with Crippen LogP contribution in [-0.2, 0) is 6.42 Å². The van der Waals surface area contributed by atoms with Crippen LogP contribution in [0.15, 0.2) is 60.7 Å². The first-order valence-electron chi connectivity index (χ1n) is 7.98. The molecule has 116 valence electrons. The quantitative estimate of drug-likeness (QED) is 0.436. The smallest absolute Gasteiger partial charge is 0.192 e. The highest BCUT2D eigenvalue weighted by molar-refractivity contribution is 5.92. The molecule has 0 aliphatic rings. The van der Waals surface area contributed by atoms with Gasteiger partial charge in [0.2, 0.25) is 0 Å². The van der Waals surface area contributed by atoms with Crippen LogP contribution in [0, 0.1) is 5.41 Å². The number of nitrogens with zero attached hydrogens (tertiary/aromatic N) is 1. The van der Waals surface area contributed by atoms with Crippen LogP contribution in [0.5, 0.6) is 0 Å². The van der Waals surface area contributed by atoms with Gasteiger partial charge in [0.05, 0.1) is 0 Å². The van der Waals surface area contributed by atoms with Crippen molar-refractivity contribution < 1.29 is 0 Å². The first kappa shape index (κ1) is 16.1. The predicted molar refractivity (Wildman–Crippen MR) is 94.3 cm³/mol. The zero-order valence-corrected chi connectivity index (χ0v) is 13.0. The van der Waals surface area contributed by atoms with Crippen LogP contribution in [0.3, 0.4) is 0 Å². The van der Waals surface area contributed by atoms with E-state index in [1.807, 2.05) is 35.2 Å². The minimum atomic E-state index is 0.121. The first-order chi connectivity index (χ1) is 10.8. The van der Waals surface area contributed by atoms with Crippen LogP contribution in [0.25, 0.3) is 0 Å². The Morgan fingerprint density at radius 3 is 2.05 bits per heavy atom. The molecule has 0 saturated heterocycles. The number of anilines is 1. The number of unbranched alkanes of at least 4 members (excludes halogenated alkanes) is 3. The fraction of sp³-hybridized carbons (Fsp3) is 0.316. The summed E-state index contributed by atoms with van der Waals surface area (Å²) in [6.07, 6.45) is 5.81. The summed E-state index contributed by atoms with van der Waals surface area (Å²) in [7, 11) is 0. The summed E-state index contributed by atoms with van der Waals surface area (Å²) >= 11 is 0. The van der Waals surface area contributed by atoms with Gasteiger partial charge in [-0.2, -0.15) is 0 Å². The van der Waals surface area contributed by atoms with Crippen molar-refractivity contribution in [2.75, 3.05) is 11.4 Å². The van der Waals surface area contributed by atoms with Crippen molar-refractivity contribution in [3.63, 3.8) is 0 Å². The van der Waals surface area contributed by atoms with Crippen LogP contribution >= 0.6 is 0 Å². The van der Waals surface area contributed by atoms with E-state index in [0.717, 1.165) is 25.1 Å². The van der Waals surface area contributed by atoms with Gasteiger partial charge in [-0.15, -0.1) is 0 Å². The molecule has 0 heterocycles. The maximum Gasteiger partial charge on any atom is 0.192 e. The van der Waals surface area contributed by atoms with Crippen LogP contribution < -0.4 is 10.6 Å². The second-order valence-corrected chi connectivity index (χ2v) is 5.52. The number of nitrogens with two attached hydrogens (primary N) is 1. The fourth-order valence-corrected chi connectivity index (χ4v) is 2.59. The maximum atomic E-state index is 7.72. The van der Waals surface area contributed by atoms with E-state index in [0.29, 0.717) is 0 Å². The van der Waals surface area contributed by atoms with E-state index in [9.17, 15) is 0 Å². The monoisotopic (exact) mass is 295 g/mol. The summed E-state index contributed by atoms with van der Waals surface area (Å²) in [6, 6.07) is 20.6. The predicted octanol–water partition coefficient (Wildman–Crippen LogP) is 4.19. The highest BCUT2D eigenvalue weighted by Crippen LogP contribution is 2.14. The Bertz CT molecular complexity index is 551. The Morgan fingerprint density at radius 2 is 1.41 bits per heavy atom. The van der Waals surface area contributed by atoms with Crippen molar-refractivity contribution in [2.45, 2.75) is 32.1 Å². The van der Waals surface area contributed by atoms with Gasteiger partial charge in [0.25, 0.3) is 0 Å². The van der Waals surface area contributed by atoms with E-state index >= 15 is 0 Å². The molecule has 0 spiro atoms. The highest BCUT2D eigenvalue weighted by atomic mass is 15.2. The zero-order valence-electron chi connectivity index (χ0n) is 13.0. The largest absolute Gasteiger partial charge is 0.370 e. The Hall–Kier alpha value is -2.29. The Morgan fingerprint density at radius 1 is 0.818 bits per heavy atom. The normalized spacial score (nSPS) is 10.4. The zero-order chi connectivity index (χ0) is 15.6. The molecule has 0 aromatic heterocycles. The third-order valence-corrected chi connectivity index (χ3v) is 3.80. The van der Waals surface area contributed by atoms with Crippen LogP contribution in [0.1, 0.15) is 31.2 Å². The molecule has 3 N–H and O–H groups in total. The summed E-state index contributed by atoms with van der Waals surface area (Å²) in [5, 5.41) is 7.72. The molecule has 0 bridgehead atoms. The van der Waals surface area contributed by atoms with Crippen molar-refractivity contribution in [3.8, 4) is 0 Å². The summed E-state index contributed by atoms with van der Waals surface area (Å²) in [5.41, 5.74) is 8.11. The fourth-order valence-electron chi connectivity index (χ4n) is 2.59. The Kier molecular flexibility index (Phi) is 6.49. The van der Waals surface area contributed by atoms with Gasteiger partial charge in [-0.3, -0.25) is 5.41 Å². The lowest BCUT2D eigenvalue weighted by Gasteiger charge is -2.22. The van der Waals surface area contributed by atoms with Gasteiger partial charge in [0.1, 0.15) is 0 Å². The van der Waals surface area contributed by atoms with Crippen LogP contribution in [-0.4, -0.2) is 12.5 Å². The minimum Gasteiger partial charge on any atom is -0.370 e. The standard InChI is InChI=1S/C19H25N3/c20-19(21)22(18-14-8-4-9-15-18)16-10-2-1-5-11-17-12-6-3-7-13-17/h3-4,6-9,12-15H,1-2,5,10-11,16H2,(H3,20,21). The van der Waals surface area contributed by atoms with E-state index in [4.69, 9.17) is 11.1 Å². The topological polar surface area (TPSA) is 53.1 Å². The van der Waals surface area contributed by atoms with Gasteiger partial charge in [-0.25, -0.2) is 0 Å².